The zero-order chi connectivity index (χ0) is 11.4. The van der Waals surface area contributed by atoms with Crippen molar-refractivity contribution >= 4 is 11.7 Å². The highest BCUT2D eigenvalue weighted by molar-refractivity contribution is 6.06. The molecule has 1 aromatic carbocycles. The number of hydrogen-bond donors (Lipinski definition) is 1. The van der Waals surface area contributed by atoms with Gasteiger partial charge in [0.05, 0.1) is 0 Å². The van der Waals surface area contributed by atoms with E-state index in [0.29, 0.717) is 6.42 Å². The van der Waals surface area contributed by atoms with Crippen molar-refractivity contribution in [2.45, 2.75) is 32.2 Å². The molecule has 3 heteroatoms. The molecule has 0 radical (unpaired) electrons. The molecule has 1 aromatic rings. The second-order valence-corrected chi connectivity index (χ2v) is 4.03. The molecule has 1 amide bonds. The summed E-state index contributed by atoms with van der Waals surface area (Å²) in [4.78, 5) is 15.9. The number of rotatable bonds is 4. The molecule has 16 heavy (non-hydrogen) atoms. The molecule has 1 N–H and O–H groups in total. The van der Waals surface area contributed by atoms with Gasteiger partial charge in [-0.05, 0) is 12.0 Å². The van der Waals surface area contributed by atoms with Gasteiger partial charge in [-0.15, -0.1) is 0 Å². The lowest BCUT2D eigenvalue weighted by molar-refractivity contribution is -0.120. The number of hydrogen-bond acceptors (Lipinski definition) is 2. The largest absolute Gasteiger partial charge is 0.312 e. The lowest BCUT2D eigenvalue weighted by atomic mass is 10.1. The number of carbonyl (C=O) groups is 1. The third-order valence-corrected chi connectivity index (χ3v) is 2.66. The molecular weight excluding hydrogens is 200 g/mol. The van der Waals surface area contributed by atoms with Crippen molar-refractivity contribution in [3.8, 4) is 0 Å². The molecule has 1 heterocycles. The number of benzene rings is 1. The minimum absolute atomic E-state index is 0.0489. The van der Waals surface area contributed by atoms with E-state index in [2.05, 4.69) is 17.2 Å². The van der Waals surface area contributed by atoms with Crippen LogP contribution in [-0.2, 0) is 11.2 Å². The Bertz CT molecular complexity index is 398. The van der Waals surface area contributed by atoms with E-state index in [1.807, 2.05) is 30.3 Å². The van der Waals surface area contributed by atoms with Crippen molar-refractivity contribution in [1.29, 1.82) is 0 Å². The summed E-state index contributed by atoms with van der Waals surface area (Å²) in [5.41, 5.74) is 1.18. The van der Waals surface area contributed by atoms with Crippen LogP contribution in [-0.4, -0.2) is 17.8 Å². The monoisotopic (exact) mass is 216 g/mol. The van der Waals surface area contributed by atoms with Crippen LogP contribution in [0.4, 0.5) is 0 Å². The molecule has 0 saturated heterocycles. The van der Waals surface area contributed by atoms with Crippen LogP contribution in [0.5, 0.6) is 0 Å². The van der Waals surface area contributed by atoms with E-state index >= 15 is 0 Å². The second-order valence-electron chi connectivity index (χ2n) is 4.03. The van der Waals surface area contributed by atoms with Gasteiger partial charge in [-0.1, -0.05) is 43.7 Å². The molecule has 1 aliphatic rings. The first kappa shape index (κ1) is 10.9. The van der Waals surface area contributed by atoms with Gasteiger partial charge in [0.15, 0.2) is 0 Å². The summed E-state index contributed by atoms with van der Waals surface area (Å²) < 4.78 is 0. The van der Waals surface area contributed by atoms with E-state index in [1.54, 1.807) is 0 Å². The third kappa shape index (κ3) is 2.48. The van der Waals surface area contributed by atoms with Crippen LogP contribution >= 0.6 is 0 Å². The normalized spacial score (nSPS) is 19.4. The van der Waals surface area contributed by atoms with E-state index < -0.39 is 0 Å². The summed E-state index contributed by atoms with van der Waals surface area (Å²) in [6, 6.07) is 9.90. The molecule has 84 valence electrons. The highest BCUT2D eigenvalue weighted by atomic mass is 16.2. The first-order chi connectivity index (χ1) is 7.79. The van der Waals surface area contributed by atoms with Gasteiger partial charge >= 0.3 is 0 Å². The Balaban J connectivity index is 2.02. The number of nitrogens with zero attached hydrogens (tertiary/aromatic N) is 1. The van der Waals surface area contributed by atoms with E-state index in [-0.39, 0.29) is 11.9 Å². The van der Waals surface area contributed by atoms with Gasteiger partial charge in [0.1, 0.15) is 11.9 Å². The Kier molecular flexibility index (Phi) is 3.34. The molecule has 0 fully saturated rings. The van der Waals surface area contributed by atoms with Crippen LogP contribution in [0.1, 0.15) is 25.3 Å². The molecular formula is C13H16N2O. The van der Waals surface area contributed by atoms with E-state index in [9.17, 15) is 4.79 Å². The summed E-state index contributed by atoms with van der Waals surface area (Å²) >= 11 is 0. The Hall–Kier alpha value is -1.64. The maximum atomic E-state index is 11.5. The van der Waals surface area contributed by atoms with Gasteiger partial charge in [-0.3, -0.25) is 9.79 Å². The van der Waals surface area contributed by atoms with Crippen LogP contribution in [0.3, 0.4) is 0 Å². The molecule has 0 aromatic heterocycles. The smallest absolute Gasteiger partial charge is 0.250 e. The molecule has 0 saturated carbocycles. The van der Waals surface area contributed by atoms with E-state index in [1.165, 1.54) is 5.56 Å². The van der Waals surface area contributed by atoms with Crippen LogP contribution in [0.2, 0.25) is 0 Å². The van der Waals surface area contributed by atoms with Gasteiger partial charge in [0.2, 0.25) is 5.91 Å². The number of amidine groups is 1. The Labute approximate surface area is 95.6 Å². The highest BCUT2D eigenvalue weighted by Gasteiger charge is 2.24. The fourth-order valence-electron chi connectivity index (χ4n) is 1.85. The van der Waals surface area contributed by atoms with Crippen molar-refractivity contribution in [3.05, 3.63) is 35.9 Å². The predicted molar refractivity (Wildman–Crippen MR) is 64.4 cm³/mol. The van der Waals surface area contributed by atoms with Crippen LogP contribution in [0.25, 0.3) is 0 Å². The maximum Gasteiger partial charge on any atom is 0.250 e. The molecule has 3 nitrogen and oxygen atoms in total. The van der Waals surface area contributed by atoms with Gasteiger partial charge in [-0.25, -0.2) is 0 Å². The van der Waals surface area contributed by atoms with Crippen molar-refractivity contribution in [2.24, 2.45) is 4.99 Å². The fourth-order valence-corrected chi connectivity index (χ4v) is 1.85. The summed E-state index contributed by atoms with van der Waals surface area (Å²) in [5, 5.41) is 2.85. The summed E-state index contributed by atoms with van der Waals surface area (Å²) in [6.07, 6.45) is 2.54. The summed E-state index contributed by atoms with van der Waals surface area (Å²) in [7, 11) is 0. The highest BCUT2D eigenvalue weighted by Crippen LogP contribution is 2.10. The van der Waals surface area contributed by atoms with E-state index in [4.69, 9.17) is 0 Å². The SMILES string of the molecule is CCCC1N=C(Cc2ccccc2)NC1=O. The van der Waals surface area contributed by atoms with Crippen molar-refractivity contribution in [2.75, 3.05) is 0 Å². The van der Waals surface area contributed by atoms with Crippen molar-refractivity contribution in [3.63, 3.8) is 0 Å². The first-order valence-electron chi connectivity index (χ1n) is 5.71. The molecule has 1 aliphatic heterocycles. The topological polar surface area (TPSA) is 41.5 Å². The summed E-state index contributed by atoms with van der Waals surface area (Å²) in [6.45, 7) is 2.07. The molecule has 1 unspecified atom stereocenters. The molecule has 0 spiro atoms. The van der Waals surface area contributed by atoms with Gasteiger partial charge in [-0.2, -0.15) is 0 Å². The number of aliphatic imine (C=N–C) groups is 1. The zero-order valence-corrected chi connectivity index (χ0v) is 9.44. The second kappa shape index (κ2) is 4.92. The van der Waals surface area contributed by atoms with Crippen LogP contribution < -0.4 is 5.32 Å². The number of amides is 1. The first-order valence-corrected chi connectivity index (χ1v) is 5.71. The minimum atomic E-state index is -0.163. The Morgan fingerprint density at radius 2 is 2.06 bits per heavy atom. The lowest BCUT2D eigenvalue weighted by Gasteiger charge is -2.00. The van der Waals surface area contributed by atoms with Gasteiger partial charge < -0.3 is 5.32 Å². The zero-order valence-electron chi connectivity index (χ0n) is 9.44. The number of carbonyl (C=O) groups excluding carboxylic acids is 1. The lowest BCUT2D eigenvalue weighted by Crippen LogP contribution is -2.29. The molecule has 2 rings (SSSR count). The molecule has 0 aliphatic carbocycles. The standard InChI is InChI=1S/C13H16N2O/c1-2-6-11-13(16)15-12(14-11)9-10-7-4-3-5-8-10/h3-5,7-8,11H,2,6,9H2,1H3,(H,14,15,16). The average Bonchev–Trinajstić information content (AvgIpc) is 2.61. The minimum Gasteiger partial charge on any atom is -0.312 e. The van der Waals surface area contributed by atoms with Gasteiger partial charge in [0.25, 0.3) is 0 Å². The van der Waals surface area contributed by atoms with E-state index in [0.717, 1.165) is 18.7 Å². The quantitative estimate of drug-likeness (QED) is 0.821. The summed E-state index contributed by atoms with van der Waals surface area (Å²) in [5.74, 6) is 0.849. The Morgan fingerprint density at radius 3 is 2.75 bits per heavy atom. The van der Waals surface area contributed by atoms with Gasteiger partial charge in [0, 0.05) is 6.42 Å². The predicted octanol–water partition coefficient (Wildman–Crippen LogP) is 1.93. The van der Waals surface area contributed by atoms with Crippen molar-refractivity contribution in [1.82, 2.24) is 5.32 Å². The molecule has 1 atom stereocenters. The third-order valence-electron chi connectivity index (χ3n) is 2.66. The van der Waals surface area contributed by atoms with Crippen molar-refractivity contribution < 1.29 is 4.79 Å². The van der Waals surface area contributed by atoms with Crippen LogP contribution in [0.15, 0.2) is 35.3 Å². The van der Waals surface area contributed by atoms with Crippen LogP contribution in [0, 0.1) is 0 Å². The average molecular weight is 216 g/mol. The Morgan fingerprint density at radius 1 is 1.31 bits per heavy atom. The fraction of sp³-hybridized carbons (Fsp3) is 0.385. The maximum absolute atomic E-state index is 11.5. The molecule has 0 bridgehead atoms. The number of nitrogens with one attached hydrogen (secondary N) is 1.